The summed E-state index contributed by atoms with van der Waals surface area (Å²) in [5.74, 6) is -1.96. The number of ether oxygens (including phenoxy) is 4. The second kappa shape index (κ2) is 6.67. The molecule has 8 nitrogen and oxygen atoms in total. The van der Waals surface area contributed by atoms with Crippen LogP contribution in [0.15, 0.2) is 0 Å². The van der Waals surface area contributed by atoms with Crippen LogP contribution in [0.5, 0.6) is 0 Å². The number of aliphatic hydroxyl groups is 1. The highest BCUT2D eigenvalue weighted by molar-refractivity contribution is 5.68. The van der Waals surface area contributed by atoms with Crippen LogP contribution in [0.4, 0.5) is 0 Å². The summed E-state index contributed by atoms with van der Waals surface area (Å²) >= 11 is 0. The Labute approximate surface area is 115 Å². The van der Waals surface area contributed by atoms with Gasteiger partial charge in [0.05, 0.1) is 6.10 Å². The molecule has 1 aliphatic heterocycles. The fourth-order valence-corrected chi connectivity index (χ4v) is 1.99. The predicted octanol–water partition coefficient (Wildman–Crippen LogP) is -0.481. The molecule has 0 aromatic heterocycles. The molecule has 0 radical (unpaired) electrons. The monoisotopic (exact) mass is 290 g/mol. The third-order valence-corrected chi connectivity index (χ3v) is 2.65. The molecule has 0 bridgehead atoms. The Bertz CT molecular complexity index is 365. The fourth-order valence-electron chi connectivity index (χ4n) is 1.99. The van der Waals surface area contributed by atoms with Crippen molar-refractivity contribution in [1.29, 1.82) is 0 Å². The standard InChI is InChI=1S/C12H18O8/c1-5-9(18-6(2)13)10(19-7(3)14)11(12(16)17-5)20-8(4)15/h5,9-12,16H,1-4H3/t5?,9-,10+,11?,12-/m1/s1. The predicted molar refractivity (Wildman–Crippen MR) is 63.2 cm³/mol. The van der Waals surface area contributed by atoms with Crippen LogP contribution in [0.2, 0.25) is 0 Å². The minimum absolute atomic E-state index is 0.611. The molecule has 8 heteroatoms. The number of carbonyl (C=O) groups excluding carboxylic acids is 3. The zero-order chi connectivity index (χ0) is 15.4. The van der Waals surface area contributed by atoms with E-state index in [4.69, 9.17) is 18.9 Å². The van der Waals surface area contributed by atoms with Crippen LogP contribution in [0, 0.1) is 0 Å². The summed E-state index contributed by atoms with van der Waals surface area (Å²) in [5, 5.41) is 9.79. The van der Waals surface area contributed by atoms with Gasteiger partial charge in [-0.1, -0.05) is 0 Å². The smallest absolute Gasteiger partial charge is 0.303 e. The molecule has 0 spiro atoms. The Morgan fingerprint density at radius 1 is 0.850 bits per heavy atom. The Morgan fingerprint density at radius 3 is 1.70 bits per heavy atom. The molecule has 1 heterocycles. The van der Waals surface area contributed by atoms with E-state index in [1.54, 1.807) is 0 Å². The number of aliphatic hydroxyl groups excluding tert-OH is 1. The first-order valence-electron chi connectivity index (χ1n) is 6.07. The van der Waals surface area contributed by atoms with Gasteiger partial charge in [0.1, 0.15) is 0 Å². The molecule has 0 aliphatic carbocycles. The number of carbonyl (C=O) groups is 3. The van der Waals surface area contributed by atoms with Gasteiger partial charge in [0.2, 0.25) is 0 Å². The van der Waals surface area contributed by atoms with Crippen molar-refractivity contribution in [3.8, 4) is 0 Å². The lowest BCUT2D eigenvalue weighted by molar-refractivity contribution is -0.288. The summed E-state index contributed by atoms with van der Waals surface area (Å²) in [4.78, 5) is 33.3. The van der Waals surface area contributed by atoms with Crippen molar-refractivity contribution in [3.05, 3.63) is 0 Å². The second-order valence-electron chi connectivity index (χ2n) is 4.45. The van der Waals surface area contributed by atoms with Crippen LogP contribution in [-0.2, 0) is 33.3 Å². The van der Waals surface area contributed by atoms with Crippen molar-refractivity contribution in [2.24, 2.45) is 0 Å². The minimum atomic E-state index is -1.48. The Balaban J connectivity index is 3.01. The van der Waals surface area contributed by atoms with Crippen molar-refractivity contribution in [2.75, 3.05) is 0 Å². The molecule has 0 aromatic carbocycles. The highest BCUT2D eigenvalue weighted by atomic mass is 16.7. The number of hydrogen-bond donors (Lipinski definition) is 1. The molecule has 1 aliphatic rings. The number of hydrogen-bond acceptors (Lipinski definition) is 8. The van der Waals surface area contributed by atoms with Crippen molar-refractivity contribution in [2.45, 2.75) is 58.4 Å². The molecule has 1 rings (SSSR count). The van der Waals surface area contributed by atoms with E-state index >= 15 is 0 Å². The third-order valence-electron chi connectivity index (χ3n) is 2.65. The lowest BCUT2D eigenvalue weighted by Gasteiger charge is -2.41. The molecule has 5 atom stereocenters. The van der Waals surface area contributed by atoms with Crippen LogP contribution in [0.1, 0.15) is 27.7 Å². The normalized spacial score (nSPS) is 33.1. The van der Waals surface area contributed by atoms with Gasteiger partial charge in [-0.15, -0.1) is 0 Å². The first-order chi connectivity index (χ1) is 9.22. The van der Waals surface area contributed by atoms with Crippen molar-refractivity contribution >= 4 is 17.9 Å². The first-order valence-corrected chi connectivity index (χ1v) is 6.07. The molecule has 1 fully saturated rings. The van der Waals surface area contributed by atoms with Gasteiger partial charge in [-0.3, -0.25) is 14.4 Å². The second-order valence-corrected chi connectivity index (χ2v) is 4.45. The van der Waals surface area contributed by atoms with Gasteiger partial charge in [0.25, 0.3) is 0 Å². The molecule has 114 valence electrons. The van der Waals surface area contributed by atoms with Gasteiger partial charge in [-0.25, -0.2) is 0 Å². The Hall–Kier alpha value is -1.67. The highest BCUT2D eigenvalue weighted by Crippen LogP contribution is 2.27. The van der Waals surface area contributed by atoms with Crippen LogP contribution < -0.4 is 0 Å². The van der Waals surface area contributed by atoms with Gasteiger partial charge in [-0.05, 0) is 6.92 Å². The topological polar surface area (TPSA) is 108 Å². The van der Waals surface area contributed by atoms with Crippen LogP contribution in [0.3, 0.4) is 0 Å². The maximum Gasteiger partial charge on any atom is 0.303 e. The van der Waals surface area contributed by atoms with Crippen molar-refractivity contribution in [1.82, 2.24) is 0 Å². The van der Waals surface area contributed by atoms with Crippen molar-refractivity contribution < 1.29 is 38.4 Å². The molecular weight excluding hydrogens is 272 g/mol. The lowest BCUT2D eigenvalue weighted by atomic mass is 9.99. The van der Waals surface area contributed by atoms with E-state index in [9.17, 15) is 19.5 Å². The summed E-state index contributed by atoms with van der Waals surface area (Å²) in [7, 11) is 0. The summed E-state index contributed by atoms with van der Waals surface area (Å²) in [6.45, 7) is 5.01. The van der Waals surface area contributed by atoms with Gasteiger partial charge >= 0.3 is 17.9 Å². The van der Waals surface area contributed by atoms with E-state index in [1.165, 1.54) is 13.8 Å². The lowest BCUT2D eigenvalue weighted by Crippen LogP contribution is -2.60. The highest BCUT2D eigenvalue weighted by Gasteiger charge is 2.49. The quantitative estimate of drug-likeness (QED) is 0.548. The van der Waals surface area contributed by atoms with Gasteiger partial charge < -0.3 is 24.1 Å². The largest absolute Gasteiger partial charge is 0.456 e. The van der Waals surface area contributed by atoms with E-state index in [1.807, 2.05) is 0 Å². The molecule has 0 amide bonds. The van der Waals surface area contributed by atoms with E-state index in [0.717, 1.165) is 13.8 Å². The summed E-state index contributed by atoms with van der Waals surface area (Å²) in [6, 6.07) is 0. The molecule has 20 heavy (non-hydrogen) atoms. The molecular formula is C12H18O8. The van der Waals surface area contributed by atoms with E-state index < -0.39 is 48.6 Å². The van der Waals surface area contributed by atoms with E-state index in [0.29, 0.717) is 0 Å². The van der Waals surface area contributed by atoms with Gasteiger partial charge in [0, 0.05) is 20.8 Å². The average molecular weight is 290 g/mol. The zero-order valence-electron chi connectivity index (χ0n) is 11.7. The molecule has 0 aromatic rings. The van der Waals surface area contributed by atoms with Gasteiger partial charge in [-0.2, -0.15) is 0 Å². The number of esters is 3. The maximum atomic E-state index is 11.2. The summed E-state index contributed by atoms with van der Waals surface area (Å²) in [6.07, 6.45) is -5.60. The van der Waals surface area contributed by atoms with E-state index in [-0.39, 0.29) is 0 Å². The number of rotatable bonds is 3. The van der Waals surface area contributed by atoms with Crippen LogP contribution in [-0.4, -0.2) is 53.7 Å². The molecule has 1 saturated heterocycles. The summed E-state index contributed by atoms with van der Waals surface area (Å²) < 4.78 is 20.1. The van der Waals surface area contributed by atoms with E-state index in [2.05, 4.69) is 0 Å². The Morgan fingerprint density at radius 2 is 1.25 bits per heavy atom. The Kier molecular flexibility index (Phi) is 5.46. The fraction of sp³-hybridized carbons (Fsp3) is 0.750. The molecule has 1 N–H and O–H groups in total. The van der Waals surface area contributed by atoms with Crippen LogP contribution >= 0.6 is 0 Å². The molecule has 2 unspecified atom stereocenters. The third kappa shape index (κ3) is 4.17. The SMILES string of the molecule is CC(=O)OC1[C@H](O)OC(C)[C@@H](OC(C)=O)[C@@H]1OC(C)=O. The van der Waals surface area contributed by atoms with Crippen molar-refractivity contribution in [3.63, 3.8) is 0 Å². The average Bonchev–Trinajstić information content (AvgIpc) is 2.27. The minimum Gasteiger partial charge on any atom is -0.456 e. The maximum absolute atomic E-state index is 11.2. The first kappa shape index (κ1) is 16.4. The zero-order valence-corrected chi connectivity index (χ0v) is 11.7. The molecule has 0 saturated carbocycles. The summed E-state index contributed by atoms with van der Waals surface area (Å²) in [5.41, 5.74) is 0. The van der Waals surface area contributed by atoms with Crippen LogP contribution in [0.25, 0.3) is 0 Å². The van der Waals surface area contributed by atoms with Gasteiger partial charge in [0.15, 0.2) is 24.6 Å².